The lowest BCUT2D eigenvalue weighted by molar-refractivity contribution is -0.136. The molecule has 0 spiro atoms. The van der Waals surface area contributed by atoms with Crippen LogP contribution in [0, 0.1) is 13.8 Å². The van der Waals surface area contributed by atoms with Crippen LogP contribution in [0.2, 0.25) is 0 Å². The molecule has 1 amide bonds. The standard InChI is InChI=1S/C18H21NO6/c1-10-12-4-6-14(24-3)11(2)17(12)25-18(23)13(10)5-7-15(20)19-9-8-16(21)22/h4,6H,5,7-9H2,1-3H3,(H,19,20)(H,21,22). The quantitative estimate of drug-likeness (QED) is 0.742. The summed E-state index contributed by atoms with van der Waals surface area (Å²) in [6, 6.07) is 3.64. The Morgan fingerprint density at radius 3 is 2.56 bits per heavy atom. The molecule has 134 valence electrons. The number of carboxylic acids is 1. The fourth-order valence-corrected chi connectivity index (χ4v) is 2.72. The van der Waals surface area contributed by atoms with Gasteiger partial charge in [0.15, 0.2) is 0 Å². The minimum Gasteiger partial charge on any atom is -0.496 e. The number of amides is 1. The van der Waals surface area contributed by atoms with Crippen molar-refractivity contribution in [3.8, 4) is 5.75 Å². The summed E-state index contributed by atoms with van der Waals surface area (Å²) in [5.41, 5.74) is 1.98. The molecule has 2 aromatic rings. The first-order chi connectivity index (χ1) is 11.8. The Kier molecular flexibility index (Phi) is 5.80. The second kappa shape index (κ2) is 7.83. The highest BCUT2D eigenvalue weighted by atomic mass is 16.5. The average Bonchev–Trinajstić information content (AvgIpc) is 2.55. The number of hydrogen-bond acceptors (Lipinski definition) is 5. The first-order valence-electron chi connectivity index (χ1n) is 7.93. The third-order valence-corrected chi connectivity index (χ3v) is 4.14. The van der Waals surface area contributed by atoms with Gasteiger partial charge in [-0.15, -0.1) is 0 Å². The van der Waals surface area contributed by atoms with E-state index in [4.69, 9.17) is 14.3 Å². The third-order valence-electron chi connectivity index (χ3n) is 4.14. The van der Waals surface area contributed by atoms with Gasteiger partial charge in [0.05, 0.1) is 13.5 Å². The number of fused-ring (bicyclic) bond motifs is 1. The van der Waals surface area contributed by atoms with E-state index in [9.17, 15) is 14.4 Å². The van der Waals surface area contributed by atoms with Gasteiger partial charge in [-0.1, -0.05) is 0 Å². The fraction of sp³-hybridized carbons (Fsp3) is 0.389. The lowest BCUT2D eigenvalue weighted by atomic mass is 10.0. The first-order valence-corrected chi connectivity index (χ1v) is 7.93. The molecule has 0 aliphatic carbocycles. The Hall–Kier alpha value is -2.83. The van der Waals surface area contributed by atoms with Crippen LogP contribution in [0.4, 0.5) is 0 Å². The monoisotopic (exact) mass is 347 g/mol. The number of nitrogens with one attached hydrogen (secondary N) is 1. The minimum absolute atomic E-state index is 0.0679. The van der Waals surface area contributed by atoms with Crippen molar-refractivity contribution in [3.63, 3.8) is 0 Å². The van der Waals surface area contributed by atoms with Crippen molar-refractivity contribution in [1.82, 2.24) is 5.32 Å². The molecule has 7 heteroatoms. The van der Waals surface area contributed by atoms with Crippen LogP contribution >= 0.6 is 0 Å². The molecule has 0 bridgehead atoms. The Bertz CT molecular complexity index is 868. The van der Waals surface area contributed by atoms with Gasteiger partial charge in [0, 0.05) is 29.5 Å². The van der Waals surface area contributed by atoms with Crippen molar-refractivity contribution in [1.29, 1.82) is 0 Å². The highest BCUT2D eigenvalue weighted by molar-refractivity contribution is 5.86. The number of methoxy groups -OCH3 is 1. The van der Waals surface area contributed by atoms with E-state index in [1.807, 2.05) is 26.0 Å². The van der Waals surface area contributed by atoms with Crippen LogP contribution in [-0.4, -0.2) is 30.6 Å². The van der Waals surface area contributed by atoms with Gasteiger partial charge >= 0.3 is 11.6 Å². The number of carboxylic acid groups (broad SMARTS) is 1. The van der Waals surface area contributed by atoms with E-state index in [0.29, 0.717) is 16.9 Å². The summed E-state index contributed by atoms with van der Waals surface area (Å²) in [5.74, 6) is -0.635. The summed E-state index contributed by atoms with van der Waals surface area (Å²) < 4.78 is 10.7. The Balaban J connectivity index is 2.21. The molecule has 1 aromatic heterocycles. The number of rotatable bonds is 7. The summed E-state index contributed by atoms with van der Waals surface area (Å²) >= 11 is 0. The molecule has 7 nitrogen and oxygen atoms in total. The van der Waals surface area contributed by atoms with Gasteiger partial charge in [0.1, 0.15) is 11.3 Å². The Labute approximate surface area is 144 Å². The van der Waals surface area contributed by atoms with Gasteiger partial charge in [0.2, 0.25) is 5.91 Å². The Morgan fingerprint density at radius 1 is 1.20 bits per heavy atom. The molecule has 0 saturated carbocycles. The van der Waals surface area contributed by atoms with Crippen molar-refractivity contribution < 1.29 is 23.8 Å². The number of ether oxygens (including phenoxy) is 1. The van der Waals surface area contributed by atoms with Gasteiger partial charge in [-0.05, 0) is 38.0 Å². The molecule has 0 unspecified atom stereocenters. The predicted octanol–water partition coefficient (Wildman–Crippen LogP) is 1.94. The zero-order valence-corrected chi connectivity index (χ0v) is 14.5. The van der Waals surface area contributed by atoms with Gasteiger partial charge in [-0.2, -0.15) is 0 Å². The molecule has 0 fully saturated rings. The van der Waals surface area contributed by atoms with E-state index < -0.39 is 11.6 Å². The second-order valence-electron chi connectivity index (χ2n) is 5.76. The summed E-state index contributed by atoms with van der Waals surface area (Å²) in [5, 5.41) is 11.9. The molecular formula is C18H21NO6. The lowest BCUT2D eigenvalue weighted by Gasteiger charge is -2.11. The first kappa shape index (κ1) is 18.5. The predicted molar refractivity (Wildman–Crippen MR) is 92.1 cm³/mol. The van der Waals surface area contributed by atoms with Gasteiger partial charge in [-0.3, -0.25) is 9.59 Å². The maximum absolute atomic E-state index is 12.3. The van der Waals surface area contributed by atoms with E-state index in [1.165, 1.54) is 0 Å². The van der Waals surface area contributed by atoms with Crippen molar-refractivity contribution in [2.24, 2.45) is 0 Å². The zero-order chi connectivity index (χ0) is 18.6. The molecule has 2 N–H and O–H groups in total. The van der Waals surface area contributed by atoms with E-state index in [0.717, 1.165) is 16.5 Å². The van der Waals surface area contributed by atoms with Crippen molar-refractivity contribution in [2.75, 3.05) is 13.7 Å². The van der Waals surface area contributed by atoms with Crippen LogP contribution in [-0.2, 0) is 16.0 Å². The summed E-state index contributed by atoms with van der Waals surface area (Å²) in [4.78, 5) is 34.5. The molecule has 2 rings (SSSR count). The maximum atomic E-state index is 12.3. The Morgan fingerprint density at radius 2 is 1.92 bits per heavy atom. The van der Waals surface area contributed by atoms with Crippen molar-refractivity contribution in [2.45, 2.75) is 33.1 Å². The molecule has 1 heterocycles. The van der Waals surface area contributed by atoms with E-state index in [1.54, 1.807) is 7.11 Å². The zero-order valence-electron chi connectivity index (χ0n) is 14.5. The molecule has 0 radical (unpaired) electrons. The molecule has 0 aliphatic heterocycles. The van der Waals surface area contributed by atoms with Crippen LogP contribution in [0.3, 0.4) is 0 Å². The normalized spacial score (nSPS) is 10.7. The van der Waals surface area contributed by atoms with E-state index in [2.05, 4.69) is 5.32 Å². The summed E-state index contributed by atoms with van der Waals surface area (Å²) in [7, 11) is 1.55. The number of carbonyl (C=O) groups is 2. The average molecular weight is 347 g/mol. The van der Waals surface area contributed by atoms with Crippen LogP contribution in [0.25, 0.3) is 11.0 Å². The summed E-state index contributed by atoms with van der Waals surface area (Å²) in [6.45, 7) is 3.71. The highest BCUT2D eigenvalue weighted by Crippen LogP contribution is 2.29. The van der Waals surface area contributed by atoms with Gasteiger partial charge < -0.3 is 19.6 Å². The topological polar surface area (TPSA) is 106 Å². The molecule has 25 heavy (non-hydrogen) atoms. The minimum atomic E-state index is -0.975. The second-order valence-corrected chi connectivity index (χ2v) is 5.76. The van der Waals surface area contributed by atoms with Crippen LogP contribution in [0.1, 0.15) is 29.5 Å². The molecule has 0 atom stereocenters. The third kappa shape index (κ3) is 4.17. The number of aliphatic carboxylic acids is 1. The molecule has 0 saturated heterocycles. The largest absolute Gasteiger partial charge is 0.496 e. The van der Waals surface area contributed by atoms with Gasteiger partial charge in [0.25, 0.3) is 0 Å². The van der Waals surface area contributed by atoms with Crippen molar-refractivity contribution >= 4 is 22.8 Å². The number of carbonyl (C=O) groups excluding carboxylic acids is 1. The van der Waals surface area contributed by atoms with E-state index >= 15 is 0 Å². The van der Waals surface area contributed by atoms with E-state index in [-0.39, 0.29) is 31.7 Å². The highest BCUT2D eigenvalue weighted by Gasteiger charge is 2.16. The molecular weight excluding hydrogens is 326 g/mol. The fourth-order valence-electron chi connectivity index (χ4n) is 2.72. The summed E-state index contributed by atoms with van der Waals surface area (Å²) in [6.07, 6.45) is 0.184. The molecule has 1 aromatic carbocycles. The number of hydrogen-bond donors (Lipinski definition) is 2. The van der Waals surface area contributed by atoms with Crippen LogP contribution in [0.15, 0.2) is 21.3 Å². The van der Waals surface area contributed by atoms with Crippen LogP contribution < -0.4 is 15.7 Å². The maximum Gasteiger partial charge on any atom is 0.339 e. The van der Waals surface area contributed by atoms with Crippen LogP contribution in [0.5, 0.6) is 5.75 Å². The number of aryl methyl sites for hydroxylation is 2. The van der Waals surface area contributed by atoms with Gasteiger partial charge in [-0.25, -0.2) is 4.79 Å². The SMILES string of the molecule is COc1ccc2c(C)c(CCC(=O)NCCC(=O)O)c(=O)oc2c1C. The smallest absolute Gasteiger partial charge is 0.339 e. The number of benzene rings is 1. The van der Waals surface area contributed by atoms with Crippen molar-refractivity contribution in [3.05, 3.63) is 39.2 Å². The molecule has 0 aliphatic rings. The lowest BCUT2D eigenvalue weighted by Crippen LogP contribution is -2.26.